The van der Waals surface area contributed by atoms with Crippen LogP contribution >= 0.6 is 15.5 Å². The SMILES string of the molecule is O=P(O)(O)C(O)(C[N+]1=CN=CC1)[P+]([O-])([O-])[O-]. The lowest BCUT2D eigenvalue weighted by atomic mass is 10.6. The van der Waals surface area contributed by atoms with Crippen molar-refractivity contribution in [2.75, 3.05) is 13.1 Å². The number of nitrogens with zero attached hydrogens (tertiary/aromatic N) is 2. The molecule has 92 valence electrons. The van der Waals surface area contributed by atoms with Crippen LogP contribution in [0.1, 0.15) is 0 Å². The summed E-state index contributed by atoms with van der Waals surface area (Å²) in [5.74, 6) is 0. The van der Waals surface area contributed by atoms with Gasteiger partial charge in [-0.15, -0.1) is 7.94 Å². The lowest BCUT2D eigenvalue weighted by Gasteiger charge is -2.51. The molecule has 0 aromatic carbocycles. The van der Waals surface area contributed by atoms with Crippen LogP contribution in [0.3, 0.4) is 0 Å². The van der Waals surface area contributed by atoms with Gasteiger partial charge in [0.2, 0.25) is 0 Å². The van der Waals surface area contributed by atoms with Crippen LogP contribution in [0.2, 0.25) is 0 Å². The first-order valence-electron chi connectivity index (χ1n) is 3.97. The van der Waals surface area contributed by atoms with Crippen LogP contribution in [-0.4, -0.2) is 50.2 Å². The second-order valence-electron chi connectivity index (χ2n) is 3.19. The molecule has 0 saturated carbocycles. The van der Waals surface area contributed by atoms with Crippen molar-refractivity contribution >= 4 is 28.1 Å². The molecule has 1 atom stereocenters. The number of hydrogen-bond acceptors (Lipinski definition) is 6. The van der Waals surface area contributed by atoms with Gasteiger partial charge in [0.1, 0.15) is 6.54 Å². The third-order valence-electron chi connectivity index (χ3n) is 1.97. The van der Waals surface area contributed by atoms with Crippen LogP contribution in [0.15, 0.2) is 4.99 Å². The Morgan fingerprint density at radius 1 is 1.50 bits per heavy atom. The van der Waals surface area contributed by atoms with Gasteiger partial charge in [-0.05, 0) is 0 Å². The van der Waals surface area contributed by atoms with E-state index in [4.69, 9.17) is 9.79 Å². The van der Waals surface area contributed by atoms with Crippen LogP contribution in [-0.2, 0) is 4.57 Å². The average molecular weight is 271 g/mol. The highest BCUT2D eigenvalue weighted by Crippen LogP contribution is 2.65. The number of aliphatic imine (C=N–C) groups is 1. The van der Waals surface area contributed by atoms with E-state index < -0.39 is 27.2 Å². The Labute approximate surface area is 90.8 Å². The summed E-state index contributed by atoms with van der Waals surface area (Å²) in [6, 6.07) is 0. The Balaban J connectivity index is 3.02. The minimum Gasteiger partial charge on any atom is -0.685 e. The quantitative estimate of drug-likeness (QED) is 0.344. The summed E-state index contributed by atoms with van der Waals surface area (Å²) >= 11 is 0. The molecule has 1 aliphatic rings. The van der Waals surface area contributed by atoms with Gasteiger partial charge in [0.05, 0.1) is 0 Å². The summed E-state index contributed by atoms with van der Waals surface area (Å²) in [5.41, 5.74) is 0. The van der Waals surface area contributed by atoms with E-state index in [-0.39, 0.29) is 6.54 Å². The standard InChI is InChI=1S/C5H10N2O7P2/c8-5(15(9,10)11,16(12,13)14)3-7-2-1-6-4-7/h1,4,8H,2-3H2,(H3-,9,10,11,12,13,14)/p-1. The third kappa shape index (κ3) is 2.53. The van der Waals surface area contributed by atoms with E-state index in [0.29, 0.717) is 0 Å². The number of β-amino-alcohol motifs (C(OH)–C–C–N with tert-alkyl or cyclic N) is 1. The molecule has 0 aromatic rings. The normalized spacial score (nSPS) is 20.8. The van der Waals surface area contributed by atoms with Crippen LogP contribution < -0.4 is 14.7 Å². The lowest BCUT2D eigenvalue weighted by molar-refractivity contribution is -0.524. The van der Waals surface area contributed by atoms with Crippen molar-refractivity contribution in [3.05, 3.63) is 0 Å². The molecule has 0 radical (unpaired) electrons. The van der Waals surface area contributed by atoms with Crippen molar-refractivity contribution in [3.8, 4) is 0 Å². The van der Waals surface area contributed by atoms with Crippen molar-refractivity contribution in [1.29, 1.82) is 0 Å². The topological polar surface area (TPSA) is 162 Å². The fraction of sp³-hybridized carbons (Fsp3) is 0.600. The van der Waals surface area contributed by atoms with Gasteiger partial charge in [-0.2, -0.15) is 0 Å². The maximum atomic E-state index is 10.9. The second kappa shape index (κ2) is 4.21. The van der Waals surface area contributed by atoms with E-state index in [1.165, 1.54) is 6.21 Å². The van der Waals surface area contributed by atoms with Crippen molar-refractivity contribution in [2.24, 2.45) is 4.99 Å². The molecule has 1 heterocycles. The molecule has 1 aliphatic heterocycles. The summed E-state index contributed by atoms with van der Waals surface area (Å²) in [5, 5.41) is 5.74. The van der Waals surface area contributed by atoms with Crippen LogP contribution in [0.25, 0.3) is 0 Å². The van der Waals surface area contributed by atoms with Crippen molar-refractivity contribution < 1.29 is 38.7 Å². The molecule has 3 N–H and O–H groups in total. The van der Waals surface area contributed by atoms with E-state index in [2.05, 4.69) is 4.99 Å². The molecule has 0 aliphatic carbocycles. The van der Waals surface area contributed by atoms with E-state index in [1.807, 2.05) is 0 Å². The highest BCUT2D eigenvalue weighted by Gasteiger charge is 2.55. The van der Waals surface area contributed by atoms with Gasteiger partial charge in [0.25, 0.3) is 11.4 Å². The van der Waals surface area contributed by atoms with Crippen LogP contribution in [0, 0.1) is 0 Å². The van der Waals surface area contributed by atoms with E-state index in [0.717, 1.165) is 10.9 Å². The van der Waals surface area contributed by atoms with E-state index in [1.54, 1.807) is 0 Å². The molecule has 11 heteroatoms. The minimum absolute atomic E-state index is 0.0578. The fourth-order valence-electron chi connectivity index (χ4n) is 1.06. The maximum absolute atomic E-state index is 10.9. The largest absolute Gasteiger partial charge is 0.685 e. The average Bonchev–Trinajstić information content (AvgIpc) is 2.52. The van der Waals surface area contributed by atoms with E-state index in [9.17, 15) is 24.4 Å². The number of hydrogen-bond donors (Lipinski definition) is 3. The molecule has 0 fully saturated rings. The van der Waals surface area contributed by atoms with Crippen molar-refractivity contribution in [2.45, 2.75) is 5.08 Å². The van der Waals surface area contributed by atoms with Gasteiger partial charge in [-0.25, -0.2) is 4.58 Å². The van der Waals surface area contributed by atoms with Gasteiger partial charge in [-0.1, -0.05) is 4.99 Å². The lowest BCUT2D eigenvalue weighted by Crippen LogP contribution is -2.54. The van der Waals surface area contributed by atoms with Crippen molar-refractivity contribution in [1.82, 2.24) is 0 Å². The van der Waals surface area contributed by atoms with Gasteiger partial charge < -0.3 is 29.6 Å². The fourth-order valence-corrected chi connectivity index (χ4v) is 3.05. The molecule has 0 saturated heterocycles. The molecule has 1 unspecified atom stereocenters. The van der Waals surface area contributed by atoms with Crippen molar-refractivity contribution in [3.63, 3.8) is 0 Å². The first-order chi connectivity index (χ1) is 7.08. The molecule has 0 spiro atoms. The molecular weight excluding hydrogens is 262 g/mol. The molecular formula is C5H9N2O7P2-. The Bertz CT molecular complexity index is 383. The highest BCUT2D eigenvalue weighted by molar-refractivity contribution is 7.73. The monoisotopic (exact) mass is 271 g/mol. The zero-order valence-corrected chi connectivity index (χ0v) is 9.62. The summed E-state index contributed by atoms with van der Waals surface area (Å²) in [6.07, 6.45) is 2.39. The maximum Gasteiger partial charge on any atom is 0.398 e. The zero-order valence-electron chi connectivity index (χ0n) is 7.83. The van der Waals surface area contributed by atoms with Gasteiger partial charge in [-0.3, -0.25) is 4.57 Å². The zero-order chi connectivity index (χ0) is 12.6. The number of rotatable bonds is 4. The molecule has 9 nitrogen and oxygen atoms in total. The van der Waals surface area contributed by atoms with E-state index >= 15 is 0 Å². The summed E-state index contributed by atoms with van der Waals surface area (Å²) in [6.45, 7) is -0.968. The Kier molecular flexibility index (Phi) is 3.64. The van der Waals surface area contributed by atoms with Crippen LogP contribution in [0.4, 0.5) is 0 Å². The minimum atomic E-state index is -5.89. The summed E-state index contributed by atoms with van der Waals surface area (Å²) in [7, 11) is -11.4. The third-order valence-corrected chi connectivity index (χ3v) is 5.58. The molecule has 16 heavy (non-hydrogen) atoms. The first-order valence-corrected chi connectivity index (χ1v) is 7.12. The van der Waals surface area contributed by atoms with Gasteiger partial charge >= 0.3 is 7.60 Å². The predicted molar refractivity (Wildman–Crippen MR) is 48.5 cm³/mol. The summed E-state index contributed by atoms with van der Waals surface area (Å²) in [4.78, 5) is 53.2. The van der Waals surface area contributed by atoms with Gasteiger partial charge in [0, 0.05) is 0 Å². The predicted octanol–water partition coefficient (Wildman–Crippen LogP) is -4.22. The van der Waals surface area contributed by atoms with Crippen LogP contribution in [0.5, 0.6) is 0 Å². The first kappa shape index (κ1) is 13.8. The Morgan fingerprint density at radius 2 is 2.06 bits per heavy atom. The molecule has 0 amide bonds. The Morgan fingerprint density at radius 3 is 2.38 bits per heavy atom. The molecule has 0 aromatic heterocycles. The summed E-state index contributed by atoms with van der Waals surface area (Å²) < 4.78 is 11.9. The second-order valence-corrected chi connectivity index (χ2v) is 7.11. The molecule has 1 rings (SSSR count). The van der Waals surface area contributed by atoms with Gasteiger partial charge in [0.15, 0.2) is 12.8 Å². The molecule has 0 bridgehead atoms. The number of aliphatic hydroxyl groups is 1. The smallest absolute Gasteiger partial charge is 0.398 e. The highest BCUT2D eigenvalue weighted by atomic mass is 31.3. The Hall–Kier alpha value is -0.240.